The van der Waals surface area contributed by atoms with Crippen molar-refractivity contribution in [1.82, 2.24) is 14.8 Å². The number of nitrogens with one attached hydrogen (secondary N) is 1. The molecule has 2 aromatic heterocycles. The predicted molar refractivity (Wildman–Crippen MR) is 169 cm³/mol. The van der Waals surface area contributed by atoms with Crippen LogP contribution in [0.3, 0.4) is 0 Å². The lowest BCUT2D eigenvalue weighted by Gasteiger charge is -2.26. The van der Waals surface area contributed by atoms with E-state index < -0.39 is 5.97 Å². The number of pyridine rings is 1. The predicted octanol–water partition coefficient (Wildman–Crippen LogP) is 6.08. The number of halogens is 1. The van der Waals surface area contributed by atoms with E-state index in [0.717, 1.165) is 59.1 Å². The number of morpholine rings is 1. The molecule has 0 spiro atoms. The van der Waals surface area contributed by atoms with Crippen LogP contribution in [0.25, 0.3) is 10.2 Å². The molecule has 2 aromatic carbocycles. The Kier molecular flexibility index (Phi) is 10.1. The minimum Gasteiger partial charge on any atom is -0.449 e. The number of thiophene rings is 1. The summed E-state index contributed by atoms with van der Waals surface area (Å²) in [6.45, 7) is 7.00. The van der Waals surface area contributed by atoms with E-state index in [0.29, 0.717) is 33.7 Å². The molecule has 1 fully saturated rings. The van der Waals surface area contributed by atoms with Gasteiger partial charge in [-0.1, -0.05) is 59.9 Å². The van der Waals surface area contributed by atoms with Crippen LogP contribution in [0.15, 0.2) is 60.8 Å². The number of esters is 1. The van der Waals surface area contributed by atoms with Crippen molar-refractivity contribution in [1.29, 1.82) is 0 Å². The highest BCUT2D eigenvalue weighted by Gasteiger charge is 2.16. The van der Waals surface area contributed by atoms with Gasteiger partial charge in [0.25, 0.3) is 5.91 Å². The highest BCUT2D eigenvalue weighted by atomic mass is 35.5. The van der Waals surface area contributed by atoms with Gasteiger partial charge in [-0.05, 0) is 48.4 Å². The Morgan fingerprint density at radius 2 is 1.90 bits per heavy atom. The number of ether oxygens (including phenoxy) is 2. The summed E-state index contributed by atoms with van der Waals surface area (Å²) in [5.41, 5.74) is 2.95. The van der Waals surface area contributed by atoms with Gasteiger partial charge in [-0.15, -0.1) is 11.3 Å². The number of benzene rings is 2. The SMILES string of the molecule is CCn1cc(C(=O)NCc2ccc(Cl)cc2)c(=S)c2cc(C#CCOC(=O)c3cccc(CN4CCOCC4)c3)sc21. The molecule has 0 bridgehead atoms. The molecule has 0 radical (unpaired) electrons. The quantitative estimate of drug-likeness (QED) is 0.147. The number of carbonyl (C=O) groups excluding carboxylic acids is 2. The molecule has 7 nitrogen and oxygen atoms in total. The van der Waals surface area contributed by atoms with Crippen molar-refractivity contribution in [2.24, 2.45) is 0 Å². The van der Waals surface area contributed by atoms with Crippen LogP contribution in [0.5, 0.6) is 0 Å². The number of nitrogens with zero attached hydrogens (tertiary/aromatic N) is 2. The molecular formula is C32H30ClN3O4S2. The fraction of sp³-hybridized carbons (Fsp3) is 0.281. The molecule has 1 aliphatic rings. The van der Waals surface area contributed by atoms with Gasteiger partial charge < -0.3 is 19.4 Å². The Morgan fingerprint density at radius 1 is 1.12 bits per heavy atom. The summed E-state index contributed by atoms with van der Waals surface area (Å²) in [4.78, 5) is 29.7. The van der Waals surface area contributed by atoms with Gasteiger partial charge in [-0.2, -0.15) is 0 Å². The van der Waals surface area contributed by atoms with E-state index in [4.69, 9.17) is 33.3 Å². The zero-order chi connectivity index (χ0) is 29.5. The van der Waals surface area contributed by atoms with Crippen LogP contribution in [0.1, 0.15) is 43.6 Å². The van der Waals surface area contributed by atoms with Crippen LogP contribution in [-0.4, -0.2) is 54.3 Å². The molecule has 4 aromatic rings. The Bertz CT molecular complexity index is 1710. The normalized spacial score (nSPS) is 13.4. The third-order valence-corrected chi connectivity index (χ3v) is 8.64. The zero-order valence-corrected chi connectivity index (χ0v) is 25.5. The Hall–Kier alpha value is -3.52. The molecular weight excluding hydrogens is 590 g/mol. The fourth-order valence-electron chi connectivity index (χ4n) is 4.64. The number of aryl methyl sites for hydroxylation is 1. The minimum atomic E-state index is -0.407. The average molecular weight is 620 g/mol. The lowest BCUT2D eigenvalue weighted by atomic mass is 10.1. The standard InChI is InChI=1S/C32H30ClN3O4S2/c1-2-36-21-28(30(37)34-19-22-8-10-25(33)11-9-22)29(41)27-18-26(42-31(27)36)7-4-14-40-32(38)24-6-3-5-23(17-24)20-35-12-15-39-16-13-35/h3,5-6,8-11,17-18,21H,2,12-16,19-20H2,1H3,(H,34,37). The summed E-state index contributed by atoms with van der Waals surface area (Å²) < 4.78 is 13.3. The molecule has 1 N–H and O–H groups in total. The van der Waals surface area contributed by atoms with E-state index in [1.54, 1.807) is 24.4 Å². The molecule has 1 aliphatic heterocycles. The van der Waals surface area contributed by atoms with Gasteiger partial charge in [-0.25, -0.2) is 4.79 Å². The molecule has 1 amide bonds. The summed E-state index contributed by atoms with van der Waals surface area (Å²) in [5.74, 6) is 5.39. The van der Waals surface area contributed by atoms with Crippen LogP contribution in [0, 0.1) is 16.4 Å². The number of rotatable bonds is 8. The maximum atomic E-state index is 13.0. The third-order valence-electron chi connectivity index (χ3n) is 6.86. The fourth-order valence-corrected chi connectivity index (χ4v) is 6.21. The van der Waals surface area contributed by atoms with E-state index >= 15 is 0 Å². The first-order chi connectivity index (χ1) is 20.4. The number of hydrogen-bond acceptors (Lipinski definition) is 7. The maximum Gasteiger partial charge on any atom is 0.339 e. The molecule has 42 heavy (non-hydrogen) atoms. The van der Waals surface area contributed by atoms with Crippen LogP contribution in [0.2, 0.25) is 5.02 Å². The van der Waals surface area contributed by atoms with E-state index in [2.05, 4.69) is 22.1 Å². The van der Waals surface area contributed by atoms with Crippen molar-refractivity contribution < 1.29 is 19.1 Å². The Morgan fingerprint density at radius 3 is 2.67 bits per heavy atom. The van der Waals surface area contributed by atoms with E-state index in [-0.39, 0.29) is 12.5 Å². The summed E-state index contributed by atoms with van der Waals surface area (Å²) in [6, 6.07) is 16.7. The lowest BCUT2D eigenvalue weighted by molar-refractivity contribution is 0.0341. The van der Waals surface area contributed by atoms with Crippen molar-refractivity contribution >= 4 is 57.2 Å². The lowest BCUT2D eigenvalue weighted by Crippen LogP contribution is -2.35. The smallest absolute Gasteiger partial charge is 0.339 e. The second-order valence-corrected chi connectivity index (χ2v) is 11.6. The summed E-state index contributed by atoms with van der Waals surface area (Å²) in [5, 5.41) is 4.39. The first-order valence-electron chi connectivity index (χ1n) is 13.7. The minimum absolute atomic E-state index is 0.0341. The summed E-state index contributed by atoms with van der Waals surface area (Å²) in [6.07, 6.45) is 1.80. The second-order valence-electron chi connectivity index (χ2n) is 9.76. The molecule has 0 unspecified atom stereocenters. The molecule has 3 heterocycles. The van der Waals surface area contributed by atoms with E-state index in [1.165, 1.54) is 11.3 Å². The molecule has 0 atom stereocenters. The first kappa shape index (κ1) is 30.0. The Balaban J connectivity index is 1.23. The molecule has 10 heteroatoms. The van der Waals surface area contributed by atoms with Gasteiger partial charge in [0, 0.05) is 49.3 Å². The van der Waals surface area contributed by atoms with Crippen molar-refractivity contribution in [3.8, 4) is 11.8 Å². The van der Waals surface area contributed by atoms with Crippen molar-refractivity contribution in [2.75, 3.05) is 32.9 Å². The number of amides is 1. The number of carbonyl (C=O) groups is 2. The second kappa shape index (κ2) is 14.1. The summed E-state index contributed by atoms with van der Waals surface area (Å²) >= 11 is 13.2. The first-order valence-corrected chi connectivity index (χ1v) is 15.3. The number of hydrogen-bond donors (Lipinski definition) is 1. The van der Waals surface area contributed by atoms with Gasteiger partial charge in [-0.3, -0.25) is 9.69 Å². The molecule has 0 aliphatic carbocycles. The van der Waals surface area contributed by atoms with Crippen LogP contribution in [0.4, 0.5) is 0 Å². The topological polar surface area (TPSA) is 72.8 Å². The van der Waals surface area contributed by atoms with Gasteiger partial charge in [0.1, 0.15) is 4.83 Å². The van der Waals surface area contributed by atoms with Crippen LogP contribution < -0.4 is 5.32 Å². The summed E-state index contributed by atoms with van der Waals surface area (Å²) in [7, 11) is 0. The van der Waals surface area contributed by atoms with Gasteiger partial charge >= 0.3 is 5.97 Å². The highest BCUT2D eigenvalue weighted by Crippen LogP contribution is 2.28. The molecule has 5 rings (SSSR count). The largest absolute Gasteiger partial charge is 0.449 e. The average Bonchev–Trinajstić information content (AvgIpc) is 3.44. The van der Waals surface area contributed by atoms with E-state index in [9.17, 15) is 9.59 Å². The number of aromatic nitrogens is 1. The van der Waals surface area contributed by atoms with Gasteiger partial charge in [0.2, 0.25) is 0 Å². The maximum absolute atomic E-state index is 13.0. The molecule has 216 valence electrons. The Labute approximate surface area is 259 Å². The van der Waals surface area contributed by atoms with Gasteiger partial charge in [0.05, 0.1) is 33.7 Å². The third kappa shape index (κ3) is 7.46. The van der Waals surface area contributed by atoms with Gasteiger partial charge in [0.15, 0.2) is 6.61 Å². The van der Waals surface area contributed by atoms with E-state index in [1.807, 2.05) is 47.9 Å². The highest BCUT2D eigenvalue weighted by molar-refractivity contribution is 7.71. The van der Waals surface area contributed by atoms with Crippen molar-refractivity contribution in [3.63, 3.8) is 0 Å². The van der Waals surface area contributed by atoms with Crippen molar-refractivity contribution in [3.05, 3.63) is 97.5 Å². The van der Waals surface area contributed by atoms with Crippen LogP contribution >= 0.6 is 35.2 Å². The molecule has 0 saturated carbocycles. The zero-order valence-electron chi connectivity index (χ0n) is 23.2. The number of fused-ring (bicyclic) bond motifs is 1. The van der Waals surface area contributed by atoms with Crippen molar-refractivity contribution in [2.45, 2.75) is 26.6 Å². The molecule has 1 saturated heterocycles. The monoisotopic (exact) mass is 619 g/mol. The van der Waals surface area contributed by atoms with Crippen LogP contribution in [-0.2, 0) is 29.1 Å².